The van der Waals surface area contributed by atoms with Crippen LogP contribution in [0.5, 0.6) is 0 Å². The summed E-state index contributed by atoms with van der Waals surface area (Å²) in [7, 11) is -4.21. The Bertz CT molecular complexity index is 870. The van der Waals surface area contributed by atoms with E-state index in [0.717, 1.165) is 10.8 Å². The van der Waals surface area contributed by atoms with Crippen LogP contribution in [0.15, 0.2) is 44.9 Å². The van der Waals surface area contributed by atoms with Crippen LogP contribution >= 0.6 is 11.6 Å². The molecule has 0 aliphatic rings. The van der Waals surface area contributed by atoms with Gasteiger partial charge in [0, 0.05) is 11.2 Å². The van der Waals surface area contributed by atoms with Crippen molar-refractivity contribution in [1.29, 1.82) is 0 Å². The van der Waals surface area contributed by atoms with E-state index in [1.807, 2.05) is 4.98 Å². The molecule has 0 fully saturated rings. The number of sulfonamides is 1. The molecule has 0 unspecified atom stereocenters. The summed E-state index contributed by atoms with van der Waals surface area (Å²) in [6.45, 7) is 0.0117. The zero-order valence-corrected chi connectivity index (χ0v) is 11.6. The van der Waals surface area contributed by atoms with Crippen molar-refractivity contribution in [1.82, 2.24) is 9.55 Å². The second-order valence-corrected chi connectivity index (χ2v) is 5.95. The van der Waals surface area contributed by atoms with Crippen LogP contribution in [0.25, 0.3) is 0 Å². The average Bonchev–Trinajstić information content (AvgIpc) is 2.33. The van der Waals surface area contributed by atoms with E-state index in [1.165, 1.54) is 0 Å². The summed E-state index contributed by atoms with van der Waals surface area (Å²) in [5, 5.41) is 5.33. The Morgan fingerprint density at radius 1 is 1.25 bits per heavy atom. The second-order valence-electron chi connectivity index (χ2n) is 4.02. The van der Waals surface area contributed by atoms with E-state index in [4.69, 9.17) is 16.7 Å². The average molecular weight is 316 g/mol. The third-order valence-corrected chi connectivity index (χ3v) is 3.86. The Labute approximate surface area is 118 Å². The van der Waals surface area contributed by atoms with Crippen molar-refractivity contribution in [3.05, 3.63) is 61.9 Å². The van der Waals surface area contributed by atoms with E-state index in [-0.39, 0.29) is 6.54 Å². The minimum atomic E-state index is -4.21. The molecule has 0 saturated heterocycles. The molecular weight excluding hydrogens is 306 g/mol. The number of H-pyrrole nitrogens is 1. The van der Waals surface area contributed by atoms with Gasteiger partial charge in [0.25, 0.3) is 5.56 Å². The van der Waals surface area contributed by atoms with Crippen LogP contribution in [0.2, 0.25) is 5.02 Å². The molecule has 20 heavy (non-hydrogen) atoms. The van der Waals surface area contributed by atoms with E-state index in [1.54, 1.807) is 24.3 Å². The molecular formula is C11H10ClN3O4S. The SMILES string of the molecule is NS(=O)(=O)c1cn(Cc2ccccc2Cl)c(=O)[nH]c1=O. The smallest absolute Gasteiger partial charge is 0.295 e. The first-order valence-corrected chi connectivity index (χ1v) is 7.31. The minimum Gasteiger partial charge on any atom is -0.295 e. The molecule has 2 rings (SSSR count). The number of nitrogens with zero attached hydrogens (tertiary/aromatic N) is 1. The molecule has 0 aliphatic heterocycles. The fourth-order valence-corrected chi connectivity index (χ4v) is 2.40. The lowest BCUT2D eigenvalue weighted by Gasteiger charge is -2.08. The van der Waals surface area contributed by atoms with E-state index in [9.17, 15) is 18.0 Å². The van der Waals surface area contributed by atoms with Gasteiger partial charge in [0.15, 0.2) is 4.90 Å². The highest BCUT2D eigenvalue weighted by Crippen LogP contribution is 2.15. The molecule has 3 N–H and O–H groups in total. The molecule has 0 atom stereocenters. The lowest BCUT2D eigenvalue weighted by Crippen LogP contribution is -2.34. The number of benzene rings is 1. The van der Waals surface area contributed by atoms with E-state index in [0.29, 0.717) is 10.6 Å². The number of aromatic amines is 1. The highest BCUT2D eigenvalue weighted by molar-refractivity contribution is 7.89. The van der Waals surface area contributed by atoms with E-state index in [2.05, 4.69) is 0 Å². The van der Waals surface area contributed by atoms with Crippen LogP contribution in [-0.2, 0) is 16.6 Å². The van der Waals surface area contributed by atoms with Gasteiger partial charge in [0.2, 0.25) is 10.0 Å². The number of halogens is 1. The monoisotopic (exact) mass is 315 g/mol. The molecule has 0 saturated carbocycles. The molecule has 106 valence electrons. The van der Waals surface area contributed by atoms with Crippen molar-refractivity contribution in [3.8, 4) is 0 Å². The molecule has 1 heterocycles. The number of nitrogens with two attached hydrogens (primary N) is 1. The summed E-state index contributed by atoms with van der Waals surface area (Å²) in [5.74, 6) is 0. The zero-order chi connectivity index (χ0) is 14.9. The summed E-state index contributed by atoms with van der Waals surface area (Å²) in [6, 6.07) is 6.75. The van der Waals surface area contributed by atoms with Gasteiger partial charge < -0.3 is 0 Å². The van der Waals surface area contributed by atoms with Crippen molar-refractivity contribution in [3.63, 3.8) is 0 Å². The predicted octanol–water partition coefficient (Wildman–Crippen LogP) is -0.114. The Morgan fingerprint density at radius 2 is 1.90 bits per heavy atom. The molecule has 1 aromatic heterocycles. The molecule has 0 radical (unpaired) electrons. The summed E-state index contributed by atoms with van der Waals surface area (Å²) in [4.78, 5) is 24.3. The van der Waals surface area contributed by atoms with Gasteiger partial charge in [0.1, 0.15) is 0 Å². The van der Waals surface area contributed by atoms with Crippen LogP contribution < -0.4 is 16.4 Å². The normalized spacial score (nSPS) is 11.5. The molecule has 9 heteroatoms. The minimum absolute atomic E-state index is 0.0117. The number of nitrogens with one attached hydrogen (secondary N) is 1. The molecule has 0 amide bonds. The summed E-state index contributed by atoms with van der Waals surface area (Å²) >= 11 is 5.96. The number of aromatic nitrogens is 2. The summed E-state index contributed by atoms with van der Waals surface area (Å²) in [5.41, 5.74) is -1.20. The summed E-state index contributed by atoms with van der Waals surface area (Å²) in [6.07, 6.45) is 0.903. The van der Waals surface area contributed by atoms with Gasteiger partial charge >= 0.3 is 5.69 Å². The Hall–Kier alpha value is -1.90. The number of hydrogen-bond donors (Lipinski definition) is 2. The van der Waals surface area contributed by atoms with Crippen molar-refractivity contribution < 1.29 is 8.42 Å². The van der Waals surface area contributed by atoms with Gasteiger partial charge in [-0.15, -0.1) is 0 Å². The molecule has 7 nitrogen and oxygen atoms in total. The first-order chi connectivity index (χ1) is 9.29. The highest BCUT2D eigenvalue weighted by Gasteiger charge is 2.15. The molecule has 1 aromatic carbocycles. The van der Waals surface area contributed by atoms with Gasteiger partial charge in [-0.25, -0.2) is 18.4 Å². The lowest BCUT2D eigenvalue weighted by molar-refractivity contribution is 0.591. The van der Waals surface area contributed by atoms with E-state index < -0.39 is 26.2 Å². The first kappa shape index (κ1) is 14.5. The third kappa shape index (κ3) is 2.98. The van der Waals surface area contributed by atoms with Crippen molar-refractivity contribution in [2.45, 2.75) is 11.4 Å². The maximum Gasteiger partial charge on any atom is 0.328 e. The zero-order valence-electron chi connectivity index (χ0n) is 10.0. The van der Waals surface area contributed by atoms with Crippen LogP contribution in [0.3, 0.4) is 0 Å². The number of rotatable bonds is 3. The molecule has 2 aromatic rings. The van der Waals surface area contributed by atoms with Gasteiger partial charge in [0.05, 0.1) is 6.54 Å². The van der Waals surface area contributed by atoms with Gasteiger partial charge in [-0.3, -0.25) is 14.3 Å². The highest BCUT2D eigenvalue weighted by atomic mass is 35.5. The maximum atomic E-state index is 11.7. The Balaban J connectivity index is 2.57. The topological polar surface area (TPSA) is 115 Å². The van der Waals surface area contributed by atoms with Gasteiger partial charge in [-0.05, 0) is 11.6 Å². The standard InChI is InChI=1S/C11H10ClN3O4S/c12-8-4-2-1-3-7(8)5-15-6-9(20(13,18)19)10(16)14-11(15)17/h1-4,6H,5H2,(H2,13,18,19)(H,14,16,17). The lowest BCUT2D eigenvalue weighted by atomic mass is 10.2. The van der Waals surface area contributed by atoms with Gasteiger partial charge in [-0.2, -0.15) is 0 Å². The Kier molecular flexibility index (Phi) is 3.80. The van der Waals surface area contributed by atoms with Crippen molar-refractivity contribution in [2.75, 3.05) is 0 Å². The largest absolute Gasteiger partial charge is 0.328 e. The first-order valence-electron chi connectivity index (χ1n) is 5.39. The number of hydrogen-bond acceptors (Lipinski definition) is 4. The van der Waals surface area contributed by atoms with Crippen molar-refractivity contribution in [2.24, 2.45) is 5.14 Å². The number of primary sulfonamides is 1. The molecule has 0 aliphatic carbocycles. The Morgan fingerprint density at radius 3 is 2.50 bits per heavy atom. The predicted molar refractivity (Wildman–Crippen MR) is 73.2 cm³/mol. The fraction of sp³-hybridized carbons (Fsp3) is 0.0909. The fourth-order valence-electron chi connectivity index (χ4n) is 1.62. The van der Waals surface area contributed by atoms with Crippen LogP contribution in [0.1, 0.15) is 5.56 Å². The van der Waals surface area contributed by atoms with E-state index >= 15 is 0 Å². The molecule has 0 spiro atoms. The molecule has 0 bridgehead atoms. The van der Waals surface area contributed by atoms with Crippen LogP contribution in [-0.4, -0.2) is 18.0 Å². The quantitative estimate of drug-likeness (QED) is 0.822. The van der Waals surface area contributed by atoms with Crippen LogP contribution in [0, 0.1) is 0 Å². The van der Waals surface area contributed by atoms with Gasteiger partial charge in [-0.1, -0.05) is 29.8 Å². The summed E-state index contributed by atoms with van der Waals surface area (Å²) < 4.78 is 23.5. The second kappa shape index (κ2) is 5.23. The van der Waals surface area contributed by atoms with Crippen molar-refractivity contribution >= 4 is 21.6 Å². The van der Waals surface area contributed by atoms with Crippen LogP contribution in [0.4, 0.5) is 0 Å². The third-order valence-electron chi connectivity index (χ3n) is 2.58. The maximum absolute atomic E-state index is 11.7.